The zero-order chi connectivity index (χ0) is 20.7. The predicted molar refractivity (Wildman–Crippen MR) is 115 cm³/mol. The third-order valence-electron chi connectivity index (χ3n) is 6.74. The second-order valence-electron chi connectivity index (χ2n) is 8.57. The summed E-state index contributed by atoms with van der Waals surface area (Å²) in [6.07, 6.45) is 5.78. The fraction of sp³-hybridized carbons (Fsp3) is 0.435. The van der Waals surface area contributed by atoms with Gasteiger partial charge in [0.05, 0.1) is 18.3 Å². The summed E-state index contributed by atoms with van der Waals surface area (Å²) in [4.78, 5) is 31.3. The van der Waals surface area contributed by atoms with E-state index in [0.717, 1.165) is 53.5 Å². The summed E-state index contributed by atoms with van der Waals surface area (Å²) >= 11 is 3.60. The second kappa shape index (κ2) is 7.69. The summed E-state index contributed by atoms with van der Waals surface area (Å²) in [7, 11) is 0. The monoisotopic (exact) mass is 469 g/mol. The number of hydrogen-bond acceptors (Lipinski definition) is 4. The van der Waals surface area contributed by atoms with E-state index < -0.39 is 0 Å². The van der Waals surface area contributed by atoms with Gasteiger partial charge in [-0.25, -0.2) is 4.79 Å². The van der Waals surface area contributed by atoms with Gasteiger partial charge in [-0.3, -0.25) is 9.78 Å². The Labute approximate surface area is 184 Å². The largest absolute Gasteiger partial charge is 0.441 e. The molecule has 2 fully saturated rings. The van der Waals surface area contributed by atoms with E-state index in [1.165, 1.54) is 0 Å². The van der Waals surface area contributed by atoms with Crippen LogP contribution in [-0.4, -0.2) is 40.6 Å². The number of alkyl carbamates (subject to hydrolysis) is 1. The van der Waals surface area contributed by atoms with Crippen molar-refractivity contribution in [3.05, 3.63) is 63.9 Å². The lowest BCUT2D eigenvalue weighted by Crippen LogP contribution is -2.41. The summed E-state index contributed by atoms with van der Waals surface area (Å²) < 4.78 is 6.52. The van der Waals surface area contributed by atoms with E-state index in [1.54, 1.807) is 6.20 Å². The molecule has 3 heterocycles. The molecule has 1 aromatic carbocycles. The summed E-state index contributed by atoms with van der Waals surface area (Å²) in [6.45, 7) is 1.32. The first-order chi connectivity index (χ1) is 14.5. The van der Waals surface area contributed by atoms with E-state index in [2.05, 4.69) is 32.3 Å². The van der Waals surface area contributed by atoms with Crippen LogP contribution < -0.4 is 5.32 Å². The first-order valence-corrected chi connectivity index (χ1v) is 11.3. The molecule has 1 saturated carbocycles. The molecular weight excluding hydrogens is 446 g/mol. The molecular formula is C23H24BrN3O3. The molecule has 1 aromatic heterocycles. The molecule has 1 saturated heterocycles. The van der Waals surface area contributed by atoms with Crippen LogP contribution in [0.4, 0.5) is 4.79 Å². The second-order valence-corrected chi connectivity index (χ2v) is 9.42. The van der Waals surface area contributed by atoms with Crippen molar-refractivity contribution in [1.29, 1.82) is 0 Å². The molecule has 1 atom stereocenters. The minimum atomic E-state index is -0.343. The molecule has 2 amide bonds. The van der Waals surface area contributed by atoms with Crippen molar-refractivity contribution in [2.45, 2.75) is 43.7 Å². The zero-order valence-corrected chi connectivity index (χ0v) is 18.2. The molecule has 1 aliphatic carbocycles. The standard InChI is InChI=1S/C23H24BrN3O3/c24-18-6-3-11-25-19(18)12-20-16-4-1-2-5-17(16)21(28)27(20)13-15-7-9-23(10-8-15)14-26-22(29)30-23/h1-6,11,15,20H,7-10,12-14H2,(H,26,29). The van der Waals surface area contributed by atoms with Gasteiger partial charge in [-0.1, -0.05) is 18.2 Å². The summed E-state index contributed by atoms with van der Waals surface area (Å²) in [5.41, 5.74) is 2.50. The third-order valence-corrected chi connectivity index (χ3v) is 7.47. The molecule has 0 bridgehead atoms. The van der Waals surface area contributed by atoms with Crippen molar-refractivity contribution in [3.63, 3.8) is 0 Å². The van der Waals surface area contributed by atoms with Gasteiger partial charge in [0.2, 0.25) is 0 Å². The lowest BCUT2D eigenvalue weighted by atomic mass is 9.78. The quantitative estimate of drug-likeness (QED) is 0.726. The number of halogens is 1. The van der Waals surface area contributed by atoms with Gasteiger partial charge in [-0.05, 0) is 71.3 Å². The highest BCUT2D eigenvalue weighted by Gasteiger charge is 2.45. The first kappa shape index (κ1) is 19.5. The van der Waals surface area contributed by atoms with E-state index >= 15 is 0 Å². The van der Waals surface area contributed by atoms with Gasteiger partial charge in [0.25, 0.3) is 5.91 Å². The molecule has 3 aliphatic rings. The van der Waals surface area contributed by atoms with Crippen molar-refractivity contribution < 1.29 is 14.3 Å². The number of amides is 2. The Hall–Kier alpha value is -2.41. The molecule has 156 valence electrons. The van der Waals surface area contributed by atoms with Crippen molar-refractivity contribution in [3.8, 4) is 0 Å². The molecule has 5 rings (SSSR count). The smallest absolute Gasteiger partial charge is 0.407 e. The van der Waals surface area contributed by atoms with Crippen LogP contribution in [0.2, 0.25) is 0 Å². The van der Waals surface area contributed by atoms with Crippen molar-refractivity contribution >= 4 is 27.9 Å². The first-order valence-electron chi connectivity index (χ1n) is 10.5. The SMILES string of the molecule is O=C1NCC2(CCC(CN3C(=O)c4ccccc4C3Cc3ncccc3Br)CC2)O1. The molecule has 6 nitrogen and oxygen atoms in total. The molecule has 1 N–H and O–H groups in total. The number of hydrogen-bond donors (Lipinski definition) is 1. The predicted octanol–water partition coefficient (Wildman–Crippen LogP) is 4.25. The number of carbonyl (C=O) groups is 2. The highest BCUT2D eigenvalue weighted by atomic mass is 79.9. The van der Waals surface area contributed by atoms with E-state index in [9.17, 15) is 9.59 Å². The highest BCUT2D eigenvalue weighted by Crippen LogP contribution is 2.41. The number of nitrogens with zero attached hydrogens (tertiary/aromatic N) is 2. The van der Waals surface area contributed by atoms with Crippen molar-refractivity contribution in [1.82, 2.24) is 15.2 Å². The van der Waals surface area contributed by atoms with Crippen LogP contribution >= 0.6 is 15.9 Å². The molecule has 1 spiro atoms. The molecule has 2 aliphatic heterocycles. The number of rotatable bonds is 4. The van der Waals surface area contributed by atoms with Gasteiger partial charge < -0.3 is 15.0 Å². The van der Waals surface area contributed by atoms with Gasteiger partial charge in [0.15, 0.2) is 0 Å². The lowest BCUT2D eigenvalue weighted by Gasteiger charge is -2.37. The Morgan fingerprint density at radius 2 is 1.97 bits per heavy atom. The summed E-state index contributed by atoms with van der Waals surface area (Å²) in [5, 5.41) is 2.79. The Morgan fingerprint density at radius 3 is 2.70 bits per heavy atom. The number of pyridine rings is 1. The minimum Gasteiger partial charge on any atom is -0.441 e. The van der Waals surface area contributed by atoms with Crippen LogP contribution in [0.25, 0.3) is 0 Å². The van der Waals surface area contributed by atoms with Crippen LogP contribution in [0, 0.1) is 5.92 Å². The average Bonchev–Trinajstić information content (AvgIpc) is 3.24. The van der Waals surface area contributed by atoms with Crippen LogP contribution in [-0.2, 0) is 11.2 Å². The van der Waals surface area contributed by atoms with Gasteiger partial charge in [-0.2, -0.15) is 0 Å². The fourth-order valence-corrected chi connectivity index (χ4v) is 5.49. The van der Waals surface area contributed by atoms with Crippen LogP contribution in [0.5, 0.6) is 0 Å². The molecule has 0 radical (unpaired) electrons. The number of nitrogens with one attached hydrogen (secondary N) is 1. The maximum absolute atomic E-state index is 13.3. The number of fused-ring (bicyclic) bond motifs is 1. The third kappa shape index (κ3) is 3.49. The maximum atomic E-state index is 13.3. The number of ether oxygens (including phenoxy) is 1. The van der Waals surface area contributed by atoms with Crippen molar-refractivity contribution in [2.24, 2.45) is 5.92 Å². The van der Waals surface area contributed by atoms with Gasteiger partial charge in [-0.15, -0.1) is 0 Å². The van der Waals surface area contributed by atoms with Gasteiger partial charge >= 0.3 is 6.09 Å². The maximum Gasteiger partial charge on any atom is 0.407 e. The molecule has 30 heavy (non-hydrogen) atoms. The zero-order valence-electron chi connectivity index (χ0n) is 16.6. The summed E-state index contributed by atoms with van der Waals surface area (Å²) in [6, 6.07) is 11.8. The van der Waals surface area contributed by atoms with Crippen LogP contribution in [0.15, 0.2) is 47.1 Å². The van der Waals surface area contributed by atoms with E-state index in [1.807, 2.05) is 35.2 Å². The van der Waals surface area contributed by atoms with Crippen LogP contribution in [0.1, 0.15) is 53.3 Å². The van der Waals surface area contributed by atoms with Gasteiger partial charge in [0.1, 0.15) is 5.60 Å². The molecule has 2 aromatic rings. The van der Waals surface area contributed by atoms with Gasteiger partial charge in [0, 0.05) is 29.2 Å². The number of aromatic nitrogens is 1. The van der Waals surface area contributed by atoms with E-state index in [4.69, 9.17) is 4.74 Å². The normalized spacial score (nSPS) is 27.8. The van der Waals surface area contributed by atoms with E-state index in [0.29, 0.717) is 18.9 Å². The highest BCUT2D eigenvalue weighted by molar-refractivity contribution is 9.10. The molecule has 1 unspecified atom stereocenters. The summed E-state index contributed by atoms with van der Waals surface area (Å²) in [5.74, 6) is 0.514. The Balaban J connectivity index is 1.35. The minimum absolute atomic E-state index is 0.0123. The fourth-order valence-electron chi connectivity index (χ4n) is 5.07. The Bertz CT molecular complexity index is 987. The lowest BCUT2D eigenvalue weighted by molar-refractivity contribution is 0.00741. The number of carbonyl (C=O) groups excluding carboxylic acids is 2. The number of benzene rings is 1. The average molecular weight is 470 g/mol. The topological polar surface area (TPSA) is 71.5 Å². The molecule has 7 heteroatoms. The van der Waals surface area contributed by atoms with Crippen LogP contribution in [0.3, 0.4) is 0 Å². The van der Waals surface area contributed by atoms with E-state index in [-0.39, 0.29) is 23.6 Å². The Kier molecular flexibility index (Phi) is 5.01. The Morgan fingerprint density at radius 1 is 1.17 bits per heavy atom. The van der Waals surface area contributed by atoms with Crippen molar-refractivity contribution in [2.75, 3.05) is 13.1 Å².